The number of carbonyl (C=O) groups is 2. The predicted octanol–water partition coefficient (Wildman–Crippen LogP) is 2.77. The fourth-order valence-electron chi connectivity index (χ4n) is 1.53. The summed E-state index contributed by atoms with van der Waals surface area (Å²) >= 11 is 0. The Morgan fingerprint density at radius 3 is 2.09 bits per heavy atom. The Hall–Kier alpha value is -2.08. The molecule has 0 fully saturated rings. The maximum atomic E-state index is 11.6. The van der Waals surface area contributed by atoms with Crippen LogP contribution in [0.1, 0.15) is 40.2 Å². The molecule has 0 heterocycles. The van der Waals surface area contributed by atoms with Crippen LogP contribution in [0.2, 0.25) is 0 Å². The molecule has 130 valence electrons. The molecule has 0 unspecified atom stereocenters. The van der Waals surface area contributed by atoms with E-state index in [1.807, 2.05) is 44.2 Å². The van der Waals surface area contributed by atoms with Crippen molar-refractivity contribution in [3.8, 4) is 0 Å². The monoisotopic (exact) mass is 324 g/mol. The van der Waals surface area contributed by atoms with Crippen LogP contribution in [0.25, 0.3) is 0 Å². The number of hydrogen-bond acceptors (Lipinski definition) is 4. The molecule has 0 radical (unpaired) electrons. The summed E-state index contributed by atoms with van der Waals surface area (Å²) in [5, 5.41) is 11.4. The highest BCUT2D eigenvalue weighted by Crippen LogP contribution is 2.19. The molecule has 6 heteroatoms. The second kappa shape index (κ2) is 9.84. The summed E-state index contributed by atoms with van der Waals surface area (Å²) < 4.78 is 4.99. The minimum atomic E-state index is -1.08. The molecule has 0 saturated carbocycles. The van der Waals surface area contributed by atoms with E-state index in [4.69, 9.17) is 15.6 Å². The average Bonchev–Trinajstić information content (AvgIpc) is 2.41. The quantitative estimate of drug-likeness (QED) is 0.790. The Morgan fingerprint density at radius 1 is 1.22 bits per heavy atom. The summed E-state index contributed by atoms with van der Waals surface area (Å²) in [6, 6.07) is 8.54. The number of nitrogens with two attached hydrogens (primary N) is 1. The molecular weight excluding hydrogens is 296 g/mol. The van der Waals surface area contributed by atoms with E-state index in [1.54, 1.807) is 20.8 Å². The van der Waals surface area contributed by atoms with Crippen LogP contribution in [0.5, 0.6) is 0 Å². The lowest BCUT2D eigenvalue weighted by Gasteiger charge is -2.27. The number of carboxylic acids is 1. The van der Waals surface area contributed by atoms with Crippen LogP contribution in [0.4, 0.5) is 4.79 Å². The lowest BCUT2D eigenvalue weighted by Crippen LogP contribution is -2.49. The predicted molar refractivity (Wildman–Crippen MR) is 90.0 cm³/mol. The van der Waals surface area contributed by atoms with Gasteiger partial charge in [0.15, 0.2) is 0 Å². The van der Waals surface area contributed by atoms with E-state index in [-0.39, 0.29) is 6.61 Å². The first kappa shape index (κ1) is 20.9. The summed E-state index contributed by atoms with van der Waals surface area (Å²) in [5.41, 5.74) is 5.37. The summed E-state index contributed by atoms with van der Waals surface area (Å²) in [7, 11) is 0. The third kappa shape index (κ3) is 10.3. The van der Waals surface area contributed by atoms with Crippen LogP contribution in [-0.4, -0.2) is 29.3 Å². The number of benzene rings is 1. The van der Waals surface area contributed by atoms with Gasteiger partial charge < -0.3 is 20.9 Å². The molecule has 0 spiro atoms. The molecule has 0 aliphatic rings. The second-order valence-electron chi connectivity index (χ2n) is 6.59. The van der Waals surface area contributed by atoms with Crippen LogP contribution >= 0.6 is 0 Å². The molecular formula is C17H28N2O4. The maximum absolute atomic E-state index is 11.6. The van der Waals surface area contributed by atoms with Crippen molar-refractivity contribution in [3.63, 3.8) is 0 Å². The number of carboxylic acid groups (broad SMARTS) is 1. The maximum Gasteiger partial charge on any atom is 0.408 e. The summed E-state index contributed by atoms with van der Waals surface area (Å²) in [6.45, 7) is 9.22. The van der Waals surface area contributed by atoms with E-state index in [0.717, 1.165) is 5.56 Å². The SMILES string of the molecule is CC(C)(C)[C@H](NC(=O)OCc1ccccc1)C(=O)O.CC(C)N. The van der Waals surface area contributed by atoms with E-state index < -0.39 is 23.5 Å². The van der Waals surface area contributed by atoms with Crippen molar-refractivity contribution < 1.29 is 19.4 Å². The van der Waals surface area contributed by atoms with Gasteiger partial charge in [0.05, 0.1) is 0 Å². The smallest absolute Gasteiger partial charge is 0.408 e. The number of rotatable bonds is 4. The van der Waals surface area contributed by atoms with E-state index in [1.165, 1.54) is 0 Å². The van der Waals surface area contributed by atoms with Gasteiger partial charge in [0.2, 0.25) is 0 Å². The fourth-order valence-corrected chi connectivity index (χ4v) is 1.53. The lowest BCUT2D eigenvalue weighted by atomic mass is 9.87. The number of hydrogen-bond donors (Lipinski definition) is 3. The van der Waals surface area contributed by atoms with Crippen LogP contribution < -0.4 is 11.1 Å². The molecule has 1 amide bonds. The second-order valence-corrected chi connectivity index (χ2v) is 6.59. The molecule has 1 aromatic rings. The van der Waals surface area contributed by atoms with Gasteiger partial charge in [-0.3, -0.25) is 0 Å². The molecule has 0 saturated heterocycles. The molecule has 1 atom stereocenters. The highest BCUT2D eigenvalue weighted by atomic mass is 16.5. The Balaban J connectivity index is 0.00000108. The highest BCUT2D eigenvalue weighted by Gasteiger charge is 2.33. The van der Waals surface area contributed by atoms with Crippen molar-refractivity contribution in [2.45, 2.75) is 53.3 Å². The zero-order valence-electron chi connectivity index (χ0n) is 14.5. The Morgan fingerprint density at radius 2 is 1.70 bits per heavy atom. The van der Waals surface area contributed by atoms with Gasteiger partial charge in [-0.15, -0.1) is 0 Å². The number of nitrogens with one attached hydrogen (secondary N) is 1. The van der Waals surface area contributed by atoms with E-state index in [2.05, 4.69) is 5.32 Å². The molecule has 23 heavy (non-hydrogen) atoms. The molecule has 1 aromatic carbocycles. The minimum Gasteiger partial charge on any atom is -0.480 e. The summed E-state index contributed by atoms with van der Waals surface area (Å²) in [5.74, 6) is -1.08. The van der Waals surface area contributed by atoms with E-state index >= 15 is 0 Å². The molecule has 0 aromatic heterocycles. The number of carbonyl (C=O) groups excluding carboxylic acids is 1. The van der Waals surface area contributed by atoms with Gasteiger partial charge in [-0.1, -0.05) is 65.0 Å². The molecule has 0 bridgehead atoms. The van der Waals surface area contributed by atoms with Gasteiger partial charge in [-0.2, -0.15) is 0 Å². The largest absolute Gasteiger partial charge is 0.480 e. The normalized spacial score (nSPS) is 12.0. The van der Waals surface area contributed by atoms with E-state index in [9.17, 15) is 9.59 Å². The van der Waals surface area contributed by atoms with Crippen LogP contribution in [0.3, 0.4) is 0 Å². The van der Waals surface area contributed by atoms with Gasteiger partial charge in [-0.05, 0) is 17.0 Å². The topological polar surface area (TPSA) is 102 Å². The van der Waals surface area contributed by atoms with Crippen molar-refractivity contribution in [1.29, 1.82) is 0 Å². The van der Waals surface area contributed by atoms with Crippen molar-refractivity contribution in [2.24, 2.45) is 11.1 Å². The van der Waals surface area contributed by atoms with Crippen molar-refractivity contribution in [1.82, 2.24) is 5.32 Å². The van der Waals surface area contributed by atoms with Crippen LogP contribution in [-0.2, 0) is 16.1 Å². The molecule has 1 rings (SSSR count). The van der Waals surface area contributed by atoms with Gasteiger partial charge in [0.1, 0.15) is 12.6 Å². The first-order chi connectivity index (χ1) is 10.5. The van der Waals surface area contributed by atoms with Crippen molar-refractivity contribution in [2.75, 3.05) is 0 Å². The fraction of sp³-hybridized carbons (Fsp3) is 0.529. The summed E-state index contributed by atoms with van der Waals surface area (Å²) in [4.78, 5) is 22.7. The van der Waals surface area contributed by atoms with Crippen LogP contribution in [0, 0.1) is 5.41 Å². The lowest BCUT2D eigenvalue weighted by molar-refractivity contribution is -0.142. The number of aliphatic carboxylic acids is 1. The number of ether oxygens (including phenoxy) is 1. The Labute approximate surface area is 138 Å². The Kier molecular flexibility index (Phi) is 8.95. The van der Waals surface area contributed by atoms with E-state index in [0.29, 0.717) is 6.04 Å². The minimum absolute atomic E-state index is 0.114. The first-order valence-electron chi connectivity index (χ1n) is 7.49. The van der Waals surface area contributed by atoms with Gasteiger partial charge in [0, 0.05) is 0 Å². The number of alkyl carbamates (subject to hydrolysis) is 1. The van der Waals surface area contributed by atoms with Crippen LogP contribution in [0.15, 0.2) is 30.3 Å². The first-order valence-corrected chi connectivity index (χ1v) is 7.49. The third-order valence-electron chi connectivity index (χ3n) is 2.59. The molecule has 0 aliphatic heterocycles. The third-order valence-corrected chi connectivity index (χ3v) is 2.59. The van der Waals surface area contributed by atoms with Gasteiger partial charge >= 0.3 is 12.1 Å². The zero-order valence-corrected chi connectivity index (χ0v) is 14.5. The number of amides is 1. The molecule has 0 aliphatic carbocycles. The molecule has 6 nitrogen and oxygen atoms in total. The standard InChI is InChI=1S/C14H19NO4.C3H9N/c1-14(2,3)11(12(16)17)15-13(18)19-9-10-7-5-4-6-8-10;1-3(2)4/h4-8,11H,9H2,1-3H3,(H,15,18)(H,16,17);3H,4H2,1-2H3/t11-;/m1./s1. The molecule has 4 N–H and O–H groups in total. The Bertz CT molecular complexity index is 478. The zero-order chi connectivity index (χ0) is 18.0. The van der Waals surface area contributed by atoms with Crippen molar-refractivity contribution in [3.05, 3.63) is 35.9 Å². The van der Waals surface area contributed by atoms with Gasteiger partial charge in [0.25, 0.3) is 0 Å². The average molecular weight is 324 g/mol. The van der Waals surface area contributed by atoms with Crippen molar-refractivity contribution >= 4 is 12.1 Å². The summed E-state index contributed by atoms with van der Waals surface area (Å²) in [6.07, 6.45) is -0.730. The highest BCUT2D eigenvalue weighted by molar-refractivity contribution is 5.80. The van der Waals surface area contributed by atoms with Gasteiger partial charge in [-0.25, -0.2) is 9.59 Å².